The predicted octanol–water partition coefficient (Wildman–Crippen LogP) is 1.22. The highest BCUT2D eigenvalue weighted by Gasteiger charge is 2.18. The monoisotopic (exact) mass is 192 g/mol. The number of hydrogen-bond acceptors (Lipinski definition) is 3. The highest BCUT2D eigenvalue weighted by atomic mass is 32.2. The van der Waals surface area contributed by atoms with E-state index in [0.29, 0.717) is 0 Å². The third-order valence-electron chi connectivity index (χ3n) is 1.79. The van der Waals surface area contributed by atoms with Crippen LogP contribution in [0.3, 0.4) is 0 Å². The van der Waals surface area contributed by atoms with E-state index >= 15 is 0 Å². The zero-order valence-electron chi connectivity index (χ0n) is 6.03. The molecule has 0 aliphatic carbocycles. The summed E-state index contributed by atoms with van der Waals surface area (Å²) >= 11 is 3.36. The van der Waals surface area contributed by atoms with Crippen molar-refractivity contribution in [3.05, 3.63) is 38.8 Å². The number of thiophene rings is 1. The van der Waals surface area contributed by atoms with Crippen LogP contribution in [0, 0.1) is 11.1 Å². The molecule has 3 heterocycles. The molecule has 0 aromatic carbocycles. The minimum absolute atomic E-state index is 0.975. The predicted molar refractivity (Wildman–Crippen MR) is 51.3 cm³/mol. The summed E-state index contributed by atoms with van der Waals surface area (Å²) in [6.07, 6.45) is 3.79. The minimum atomic E-state index is 0.975. The molecule has 0 amide bonds. The Morgan fingerprint density at radius 3 is 3.42 bits per heavy atom. The summed E-state index contributed by atoms with van der Waals surface area (Å²) in [5.74, 6) is 3.02. The summed E-state index contributed by atoms with van der Waals surface area (Å²) in [7, 11) is 0. The second-order valence-electron chi connectivity index (χ2n) is 2.50. The molecule has 0 saturated heterocycles. The largest absolute Gasteiger partial charge is 0.463 e. The van der Waals surface area contributed by atoms with E-state index in [-0.39, 0.29) is 0 Å². The fourth-order valence-corrected chi connectivity index (χ4v) is 3.00. The average molecular weight is 192 g/mol. The van der Waals surface area contributed by atoms with Gasteiger partial charge in [-0.25, -0.2) is 0 Å². The van der Waals surface area contributed by atoms with Gasteiger partial charge in [0.2, 0.25) is 0 Å². The summed E-state index contributed by atoms with van der Waals surface area (Å²) < 4.78 is 6.70. The van der Waals surface area contributed by atoms with Crippen molar-refractivity contribution in [3.8, 4) is 0 Å². The van der Waals surface area contributed by atoms with Crippen LogP contribution >= 0.6 is 23.1 Å². The van der Waals surface area contributed by atoms with Gasteiger partial charge in [-0.1, -0.05) is 0 Å². The van der Waals surface area contributed by atoms with Gasteiger partial charge in [0.15, 0.2) is 0 Å². The van der Waals surface area contributed by atoms with Crippen molar-refractivity contribution in [2.45, 2.75) is 0 Å². The van der Waals surface area contributed by atoms with E-state index in [1.54, 1.807) is 29.4 Å². The first-order valence-electron chi connectivity index (χ1n) is 3.53. The Morgan fingerprint density at radius 1 is 1.42 bits per heavy atom. The van der Waals surface area contributed by atoms with E-state index < -0.39 is 0 Å². The van der Waals surface area contributed by atoms with Crippen molar-refractivity contribution in [2.24, 2.45) is 0 Å². The first-order valence-corrected chi connectivity index (χ1v) is 5.22. The topological polar surface area (TPSA) is 9.23 Å². The molecule has 0 unspecified atom stereocenters. The van der Waals surface area contributed by atoms with Gasteiger partial charge in [0.25, 0.3) is 0 Å². The lowest BCUT2D eigenvalue weighted by atomic mass is 10.3. The molecule has 3 heteroatoms. The third kappa shape index (κ3) is 0.807. The van der Waals surface area contributed by atoms with Crippen LogP contribution in [0.5, 0.6) is 0 Å². The first-order chi connectivity index (χ1) is 5.95. The van der Waals surface area contributed by atoms with Gasteiger partial charge in [0.1, 0.15) is 5.76 Å². The molecule has 0 fully saturated rings. The Hall–Kier alpha value is -0.670. The quantitative estimate of drug-likeness (QED) is 0.611. The Kier molecular flexibility index (Phi) is 1.36. The molecule has 12 heavy (non-hydrogen) atoms. The van der Waals surface area contributed by atoms with E-state index in [1.807, 2.05) is 17.9 Å². The van der Waals surface area contributed by atoms with Gasteiger partial charge >= 0.3 is 0 Å². The lowest BCUT2D eigenvalue weighted by Crippen LogP contribution is -2.23. The van der Waals surface area contributed by atoms with Crippen molar-refractivity contribution in [1.29, 1.82) is 0 Å². The molecular formula is C9H4OS2. The molecule has 0 atom stereocenters. The molecule has 0 bridgehead atoms. The summed E-state index contributed by atoms with van der Waals surface area (Å²) in [5.41, 5.74) is 0. The Bertz CT molecular complexity index is 467. The minimum Gasteiger partial charge on any atom is -0.463 e. The van der Waals surface area contributed by atoms with Gasteiger partial charge in [-0.3, -0.25) is 0 Å². The molecule has 2 radical (unpaired) electrons. The molecule has 1 nitrogen and oxygen atoms in total. The van der Waals surface area contributed by atoms with Gasteiger partial charge in [0, 0.05) is 16.4 Å². The van der Waals surface area contributed by atoms with Crippen molar-refractivity contribution in [1.82, 2.24) is 0 Å². The lowest BCUT2D eigenvalue weighted by Gasteiger charge is -2.06. The van der Waals surface area contributed by atoms with E-state index in [0.717, 1.165) is 11.0 Å². The van der Waals surface area contributed by atoms with Crippen molar-refractivity contribution < 1.29 is 4.74 Å². The fraction of sp³-hybridized carbons (Fsp3) is 0. The highest BCUT2D eigenvalue weighted by Crippen LogP contribution is 2.36. The Morgan fingerprint density at radius 2 is 2.42 bits per heavy atom. The van der Waals surface area contributed by atoms with Crippen molar-refractivity contribution >= 4 is 34.3 Å². The maximum Gasteiger partial charge on any atom is 0.138 e. The molecule has 58 valence electrons. The number of ether oxygens (including phenoxy) is 1. The molecular weight excluding hydrogens is 188 g/mol. The summed E-state index contributed by atoms with van der Waals surface area (Å²) in [6, 6.07) is 1.96. The maximum absolute atomic E-state index is 5.42. The van der Waals surface area contributed by atoms with Crippen LogP contribution in [-0.2, 0) is 4.74 Å². The van der Waals surface area contributed by atoms with Crippen LogP contribution < -0.4 is 9.75 Å². The fourth-order valence-electron chi connectivity index (χ4n) is 1.22. The molecule has 0 saturated carbocycles. The van der Waals surface area contributed by atoms with Gasteiger partial charge in [-0.15, -0.1) is 23.1 Å². The van der Waals surface area contributed by atoms with Crippen molar-refractivity contribution in [3.63, 3.8) is 0 Å². The molecule has 1 aromatic rings. The van der Waals surface area contributed by atoms with Gasteiger partial charge in [-0.05, 0) is 12.1 Å². The smallest absolute Gasteiger partial charge is 0.138 e. The van der Waals surface area contributed by atoms with E-state index in [9.17, 15) is 0 Å². The van der Waals surface area contributed by atoms with Gasteiger partial charge in [-0.2, -0.15) is 0 Å². The van der Waals surface area contributed by atoms with Crippen molar-refractivity contribution in [2.75, 3.05) is 0 Å². The van der Waals surface area contributed by atoms with Crippen LogP contribution in [-0.4, -0.2) is 0 Å². The van der Waals surface area contributed by atoms with Crippen LogP contribution in [0.4, 0.5) is 0 Å². The first kappa shape index (κ1) is 6.80. The Balaban J connectivity index is 2.48. The van der Waals surface area contributed by atoms with E-state index in [4.69, 9.17) is 4.74 Å². The third-order valence-corrected chi connectivity index (χ3v) is 3.71. The number of hydrogen-bond donors (Lipinski definition) is 0. The molecule has 1 aromatic heterocycles. The molecule has 3 rings (SSSR count). The molecule has 2 aliphatic rings. The van der Waals surface area contributed by atoms with Crippen LogP contribution in [0.1, 0.15) is 0 Å². The SMILES string of the molecule is [c]1cc2c(s1)=C1S[CH]C=C1OC=2. The normalized spacial score (nSPS) is 19.0. The maximum atomic E-state index is 5.42. The standard InChI is InChI=1S/C9H4OS2/c1-3-11-8-6(1)5-10-7-2-4-12-9(7)8/h1-2,4-5H. The average Bonchev–Trinajstić information content (AvgIpc) is 2.71. The zero-order valence-corrected chi connectivity index (χ0v) is 7.67. The molecule has 0 spiro atoms. The lowest BCUT2D eigenvalue weighted by molar-refractivity contribution is 0.427. The van der Waals surface area contributed by atoms with E-state index in [2.05, 4.69) is 5.38 Å². The van der Waals surface area contributed by atoms with Crippen LogP contribution in [0.15, 0.2) is 17.9 Å². The molecule has 2 aliphatic heterocycles. The summed E-state index contributed by atoms with van der Waals surface area (Å²) in [5, 5.41) is 4.26. The van der Waals surface area contributed by atoms with E-state index in [1.165, 1.54) is 9.44 Å². The van der Waals surface area contributed by atoms with Crippen LogP contribution in [0.2, 0.25) is 0 Å². The Labute approximate surface area is 78.1 Å². The zero-order chi connectivity index (χ0) is 7.97. The molecule has 0 N–H and O–H groups in total. The number of rotatable bonds is 0. The highest BCUT2D eigenvalue weighted by molar-refractivity contribution is 8.10. The van der Waals surface area contributed by atoms with Gasteiger partial charge in [0.05, 0.1) is 15.7 Å². The number of thioether (sulfide) groups is 1. The van der Waals surface area contributed by atoms with Gasteiger partial charge < -0.3 is 4.74 Å². The summed E-state index contributed by atoms with van der Waals surface area (Å²) in [4.78, 5) is 1.23. The summed E-state index contributed by atoms with van der Waals surface area (Å²) in [6.45, 7) is 0. The second-order valence-corrected chi connectivity index (χ2v) is 4.26. The number of fused-ring (bicyclic) bond motifs is 2. The van der Waals surface area contributed by atoms with Crippen LogP contribution in [0.25, 0.3) is 11.2 Å². The second kappa shape index (κ2) is 2.41.